The minimum Gasteiger partial charge on any atom is -0.198 e. The van der Waals surface area contributed by atoms with Gasteiger partial charge in [0.25, 0.3) is 0 Å². The molecule has 1 atom stereocenters. The Morgan fingerprint density at radius 1 is 0.952 bits per heavy atom. The Hall–Kier alpha value is -1.20. The van der Waals surface area contributed by atoms with Gasteiger partial charge in [-0.1, -0.05) is 83.3 Å². The minimum atomic E-state index is -1.57. The van der Waals surface area contributed by atoms with Crippen LogP contribution in [0.4, 0.5) is 0 Å². The molecule has 0 aliphatic heterocycles. The first-order valence-electron chi connectivity index (χ1n) is 6.67. The zero-order valence-electron chi connectivity index (χ0n) is 11.1. The molecule has 0 heterocycles. The molecule has 0 spiro atoms. The largest absolute Gasteiger partial charge is 0.206 e. The van der Waals surface area contributed by atoms with E-state index in [1.807, 2.05) is 24.3 Å². The van der Waals surface area contributed by atoms with Crippen LogP contribution in [-0.2, 0) is 0 Å². The van der Waals surface area contributed by atoms with E-state index in [0.717, 1.165) is 0 Å². The van der Waals surface area contributed by atoms with Crippen LogP contribution in [0.3, 0.4) is 0 Å². The fourth-order valence-electron chi connectivity index (χ4n) is 3.01. The molecular weight excluding hydrogens is 325 g/mol. The van der Waals surface area contributed by atoms with Crippen molar-refractivity contribution in [3.05, 3.63) is 59.7 Å². The van der Waals surface area contributed by atoms with E-state index in [-0.39, 0.29) is 5.92 Å². The van der Waals surface area contributed by atoms with Crippen molar-refractivity contribution in [3.63, 3.8) is 0 Å². The molecule has 0 bridgehead atoms. The van der Waals surface area contributed by atoms with E-state index in [9.17, 15) is 5.26 Å². The molecule has 0 saturated heterocycles. The summed E-state index contributed by atoms with van der Waals surface area (Å²) in [6, 6.07) is 18.6. The lowest BCUT2D eigenvalue weighted by atomic mass is 9.88. The lowest BCUT2D eigenvalue weighted by molar-refractivity contribution is 0.572. The van der Waals surface area contributed by atoms with Gasteiger partial charge in [0.2, 0.25) is 3.79 Å². The molecule has 2 aromatic rings. The van der Waals surface area contributed by atoms with Gasteiger partial charge >= 0.3 is 0 Å². The molecule has 1 aliphatic carbocycles. The third kappa shape index (κ3) is 2.64. The van der Waals surface area contributed by atoms with Crippen LogP contribution >= 0.6 is 34.8 Å². The number of fused-ring (bicyclic) bond motifs is 3. The fraction of sp³-hybridized carbons (Fsp3) is 0.235. The standard InChI is InChI=1S/C17H12Cl3N/c18-17(19,20)11(10-21)9-16-14-7-3-1-5-12(14)13-6-2-4-8-15(13)16/h1-8,11,16H,9H2. The Morgan fingerprint density at radius 3 is 1.86 bits per heavy atom. The summed E-state index contributed by atoms with van der Waals surface area (Å²) in [6.45, 7) is 0. The van der Waals surface area contributed by atoms with E-state index >= 15 is 0 Å². The molecule has 3 rings (SSSR count). The molecule has 1 unspecified atom stereocenters. The summed E-state index contributed by atoms with van der Waals surface area (Å²) in [5, 5.41) is 9.31. The summed E-state index contributed by atoms with van der Waals surface area (Å²) >= 11 is 17.8. The van der Waals surface area contributed by atoms with Crippen LogP contribution in [0.5, 0.6) is 0 Å². The molecule has 4 heteroatoms. The van der Waals surface area contributed by atoms with Gasteiger partial charge in [-0.3, -0.25) is 0 Å². The van der Waals surface area contributed by atoms with Gasteiger partial charge in [-0.2, -0.15) is 5.26 Å². The van der Waals surface area contributed by atoms with Crippen molar-refractivity contribution in [1.29, 1.82) is 5.26 Å². The summed E-state index contributed by atoms with van der Waals surface area (Å²) in [5.74, 6) is -0.551. The first-order chi connectivity index (χ1) is 10.0. The number of alkyl halides is 3. The number of rotatable bonds is 2. The van der Waals surface area contributed by atoms with Gasteiger partial charge in [-0.15, -0.1) is 0 Å². The molecule has 0 N–H and O–H groups in total. The van der Waals surface area contributed by atoms with Gasteiger partial charge in [0, 0.05) is 5.92 Å². The Labute approximate surface area is 139 Å². The summed E-state index contributed by atoms with van der Waals surface area (Å²) in [6.07, 6.45) is 0.501. The predicted octanol–water partition coefficient (Wildman–Crippen LogP) is 5.70. The summed E-state index contributed by atoms with van der Waals surface area (Å²) in [5.41, 5.74) is 4.82. The van der Waals surface area contributed by atoms with E-state index in [0.29, 0.717) is 6.42 Å². The zero-order valence-corrected chi connectivity index (χ0v) is 13.3. The monoisotopic (exact) mass is 335 g/mol. The Kier molecular flexibility index (Phi) is 3.88. The van der Waals surface area contributed by atoms with Gasteiger partial charge in [-0.25, -0.2) is 0 Å². The smallest absolute Gasteiger partial charge is 0.198 e. The van der Waals surface area contributed by atoms with Crippen LogP contribution in [0.2, 0.25) is 0 Å². The second-order valence-electron chi connectivity index (χ2n) is 5.19. The van der Waals surface area contributed by atoms with Crippen LogP contribution in [-0.4, -0.2) is 3.79 Å². The lowest BCUT2D eigenvalue weighted by Gasteiger charge is -2.22. The molecule has 0 fully saturated rings. The number of hydrogen-bond acceptors (Lipinski definition) is 1. The summed E-state index contributed by atoms with van der Waals surface area (Å²) in [4.78, 5) is 0. The maximum atomic E-state index is 9.31. The SMILES string of the molecule is N#CC(CC1c2ccccc2-c2ccccc21)C(Cl)(Cl)Cl. The average molecular weight is 337 g/mol. The topological polar surface area (TPSA) is 23.8 Å². The maximum Gasteiger partial charge on any atom is 0.206 e. The van der Waals surface area contributed by atoms with Gasteiger partial charge in [-0.05, 0) is 28.7 Å². The van der Waals surface area contributed by atoms with Crippen LogP contribution in [0.25, 0.3) is 11.1 Å². The number of nitriles is 1. The highest BCUT2D eigenvalue weighted by Crippen LogP contribution is 2.49. The van der Waals surface area contributed by atoms with Crippen LogP contribution in [0, 0.1) is 17.2 Å². The maximum absolute atomic E-state index is 9.31. The van der Waals surface area contributed by atoms with E-state index in [4.69, 9.17) is 34.8 Å². The van der Waals surface area contributed by atoms with Crippen molar-refractivity contribution >= 4 is 34.8 Å². The van der Waals surface area contributed by atoms with E-state index in [1.165, 1.54) is 22.3 Å². The van der Waals surface area contributed by atoms with Gasteiger partial charge in [0.1, 0.15) is 0 Å². The van der Waals surface area contributed by atoms with Crippen molar-refractivity contribution in [2.75, 3.05) is 0 Å². The molecule has 106 valence electrons. The van der Waals surface area contributed by atoms with E-state index < -0.39 is 9.71 Å². The molecule has 1 aliphatic rings. The quantitative estimate of drug-likeness (QED) is 0.645. The van der Waals surface area contributed by atoms with Crippen LogP contribution < -0.4 is 0 Å². The van der Waals surface area contributed by atoms with Crippen molar-refractivity contribution < 1.29 is 0 Å². The van der Waals surface area contributed by atoms with Crippen molar-refractivity contribution in [1.82, 2.24) is 0 Å². The van der Waals surface area contributed by atoms with E-state index in [1.54, 1.807) is 0 Å². The average Bonchev–Trinajstić information content (AvgIpc) is 2.78. The summed E-state index contributed by atoms with van der Waals surface area (Å²) < 4.78 is -1.57. The summed E-state index contributed by atoms with van der Waals surface area (Å²) in [7, 11) is 0. The van der Waals surface area contributed by atoms with Crippen LogP contribution in [0.1, 0.15) is 23.5 Å². The first kappa shape index (κ1) is 14.7. The predicted molar refractivity (Wildman–Crippen MR) is 87.7 cm³/mol. The van der Waals surface area contributed by atoms with Gasteiger partial charge in [0.15, 0.2) is 0 Å². The highest BCUT2D eigenvalue weighted by molar-refractivity contribution is 6.67. The minimum absolute atomic E-state index is 0.0951. The Morgan fingerprint density at radius 2 is 1.43 bits per heavy atom. The second kappa shape index (κ2) is 5.54. The Bertz CT molecular complexity index is 667. The van der Waals surface area contributed by atoms with E-state index in [2.05, 4.69) is 30.3 Å². The fourth-order valence-corrected chi connectivity index (χ4v) is 3.42. The van der Waals surface area contributed by atoms with Crippen LogP contribution in [0.15, 0.2) is 48.5 Å². The molecule has 21 heavy (non-hydrogen) atoms. The number of hydrogen-bond donors (Lipinski definition) is 0. The number of nitrogens with zero attached hydrogens (tertiary/aromatic N) is 1. The number of halogens is 3. The number of benzene rings is 2. The zero-order chi connectivity index (χ0) is 15.0. The highest BCUT2D eigenvalue weighted by Gasteiger charge is 2.38. The lowest BCUT2D eigenvalue weighted by Crippen LogP contribution is -2.20. The van der Waals surface area contributed by atoms with Crippen molar-refractivity contribution in [2.24, 2.45) is 5.92 Å². The molecule has 1 nitrogen and oxygen atoms in total. The third-order valence-corrected chi connectivity index (χ3v) is 4.78. The first-order valence-corrected chi connectivity index (χ1v) is 7.80. The molecule has 0 amide bonds. The molecule has 0 saturated carbocycles. The molecular formula is C17H12Cl3N. The van der Waals surface area contributed by atoms with Crippen molar-refractivity contribution in [2.45, 2.75) is 16.1 Å². The van der Waals surface area contributed by atoms with Gasteiger partial charge in [0.05, 0.1) is 12.0 Å². The normalized spacial score (nSPS) is 15.1. The third-order valence-electron chi connectivity index (χ3n) is 3.98. The molecule has 0 radical (unpaired) electrons. The molecule has 0 aromatic heterocycles. The van der Waals surface area contributed by atoms with Gasteiger partial charge < -0.3 is 0 Å². The molecule has 2 aromatic carbocycles. The highest BCUT2D eigenvalue weighted by atomic mass is 35.6. The van der Waals surface area contributed by atoms with Crippen molar-refractivity contribution in [3.8, 4) is 17.2 Å². The second-order valence-corrected chi connectivity index (χ2v) is 7.56. The Balaban J connectivity index is 2.05.